The van der Waals surface area contributed by atoms with Gasteiger partial charge in [0, 0.05) is 53.5 Å². The summed E-state index contributed by atoms with van der Waals surface area (Å²) in [5.74, 6) is 0. The summed E-state index contributed by atoms with van der Waals surface area (Å²) in [6, 6.07) is 63.2. The van der Waals surface area contributed by atoms with Gasteiger partial charge in [-0.1, -0.05) is 120 Å². The Morgan fingerprint density at radius 2 is 0.962 bits per heavy atom. The molecule has 0 spiro atoms. The maximum atomic E-state index is 2.56. The van der Waals surface area contributed by atoms with Crippen molar-refractivity contribution in [1.82, 2.24) is 13.7 Å². The number of aromatic nitrogens is 3. The SMILES string of the molecule is c1ccc2c(c1)Sc1cccc3c1B2c1ccc(-n2c4ccccc4c4cc(-n5c6ccccc6c6ccccc65)ccc42)c2c4ccccc4n-3c12. The first-order valence-corrected chi connectivity index (χ1v) is 19.1. The number of fused-ring (bicyclic) bond motifs is 13. The highest BCUT2D eigenvalue weighted by atomic mass is 32.2. The maximum Gasteiger partial charge on any atom is 0.249 e. The molecule has 53 heavy (non-hydrogen) atoms. The van der Waals surface area contributed by atoms with Crippen LogP contribution in [0.5, 0.6) is 0 Å². The zero-order valence-electron chi connectivity index (χ0n) is 28.5. The second-order valence-electron chi connectivity index (χ2n) is 14.4. The number of para-hydroxylation sites is 4. The molecule has 3 nitrogen and oxygen atoms in total. The molecular weight excluding hydrogens is 661 g/mol. The Hall–Kier alpha value is -6.43. The average Bonchev–Trinajstić information content (AvgIpc) is 3.86. The Bertz CT molecular complexity index is 3350. The number of rotatable bonds is 2. The molecule has 0 unspecified atom stereocenters. The molecule has 0 saturated heterocycles. The van der Waals surface area contributed by atoms with Crippen LogP contribution >= 0.6 is 11.8 Å². The quantitative estimate of drug-likeness (QED) is 0.165. The van der Waals surface area contributed by atoms with Gasteiger partial charge in [-0.2, -0.15) is 0 Å². The molecule has 0 amide bonds. The molecule has 2 aliphatic rings. The lowest BCUT2D eigenvalue weighted by Gasteiger charge is -2.33. The van der Waals surface area contributed by atoms with Crippen molar-refractivity contribution >= 4 is 100 Å². The van der Waals surface area contributed by atoms with E-state index in [9.17, 15) is 0 Å². The summed E-state index contributed by atoms with van der Waals surface area (Å²) in [6.07, 6.45) is 0. The fourth-order valence-electron chi connectivity index (χ4n) is 9.85. The van der Waals surface area contributed by atoms with Crippen molar-refractivity contribution in [2.24, 2.45) is 0 Å². The molecule has 0 N–H and O–H groups in total. The second-order valence-corrected chi connectivity index (χ2v) is 15.5. The van der Waals surface area contributed by atoms with Crippen LogP contribution in [0.2, 0.25) is 0 Å². The van der Waals surface area contributed by atoms with Crippen LogP contribution in [0, 0.1) is 0 Å². The standard InChI is InChI=1S/C48H28BN3S/c1-6-17-37-30(12-1)31-13-2-7-18-38(31)50(37)29-24-26-41-34(28-29)32-14-3-8-19-39(32)51(41)42-27-25-36-48-46(42)33-15-4-9-20-40(33)52(48)43-21-11-23-45-47(43)49(36)35-16-5-10-22-44(35)53-45/h1-28H. The lowest BCUT2D eigenvalue weighted by molar-refractivity contribution is 1.16. The monoisotopic (exact) mass is 689 g/mol. The summed E-state index contributed by atoms with van der Waals surface area (Å²) in [7, 11) is 0. The molecule has 0 saturated carbocycles. The molecule has 0 atom stereocenters. The van der Waals surface area contributed by atoms with E-state index in [1.807, 2.05) is 11.8 Å². The van der Waals surface area contributed by atoms with E-state index in [1.54, 1.807) is 0 Å². The molecule has 8 aromatic carbocycles. The third-order valence-corrected chi connectivity index (χ3v) is 13.1. The molecule has 0 radical (unpaired) electrons. The van der Waals surface area contributed by atoms with E-state index in [1.165, 1.54) is 109 Å². The van der Waals surface area contributed by atoms with Gasteiger partial charge in [0.25, 0.3) is 0 Å². The summed E-state index contributed by atoms with van der Waals surface area (Å²) in [5.41, 5.74) is 15.3. The predicted octanol–water partition coefficient (Wildman–Crippen LogP) is 10.3. The largest absolute Gasteiger partial charge is 0.310 e. The van der Waals surface area contributed by atoms with Crippen molar-refractivity contribution in [2.45, 2.75) is 9.79 Å². The number of benzene rings is 8. The first-order valence-electron chi connectivity index (χ1n) is 18.3. The van der Waals surface area contributed by atoms with E-state index >= 15 is 0 Å². The predicted molar refractivity (Wildman–Crippen MR) is 225 cm³/mol. The van der Waals surface area contributed by atoms with Gasteiger partial charge < -0.3 is 13.7 Å². The minimum atomic E-state index is 0.180. The Balaban J connectivity index is 1.14. The molecule has 11 aromatic rings. The minimum absolute atomic E-state index is 0.180. The molecule has 0 fully saturated rings. The zero-order chi connectivity index (χ0) is 34.4. The van der Waals surface area contributed by atoms with E-state index in [0.29, 0.717) is 0 Å². The summed E-state index contributed by atoms with van der Waals surface area (Å²) in [5, 5.41) is 7.65. The molecule has 2 aliphatic heterocycles. The van der Waals surface area contributed by atoms with Gasteiger partial charge in [0.1, 0.15) is 0 Å². The molecule has 13 rings (SSSR count). The molecule has 3 aromatic heterocycles. The fourth-order valence-corrected chi connectivity index (χ4v) is 11.0. The number of nitrogens with zero attached hydrogens (tertiary/aromatic N) is 3. The average molecular weight is 690 g/mol. The lowest BCUT2D eigenvalue weighted by atomic mass is 9.35. The van der Waals surface area contributed by atoms with E-state index in [4.69, 9.17) is 0 Å². The molecule has 5 heteroatoms. The fraction of sp³-hybridized carbons (Fsp3) is 0. The van der Waals surface area contributed by atoms with Crippen LogP contribution in [0.4, 0.5) is 0 Å². The zero-order valence-corrected chi connectivity index (χ0v) is 29.3. The number of hydrogen-bond acceptors (Lipinski definition) is 1. The van der Waals surface area contributed by atoms with Gasteiger partial charge in [0.15, 0.2) is 0 Å². The Morgan fingerprint density at radius 3 is 1.72 bits per heavy atom. The Labute approximate surface area is 309 Å². The van der Waals surface area contributed by atoms with E-state index < -0.39 is 0 Å². The van der Waals surface area contributed by atoms with Gasteiger partial charge in [0.05, 0.1) is 38.8 Å². The van der Waals surface area contributed by atoms with Crippen molar-refractivity contribution in [3.63, 3.8) is 0 Å². The molecular formula is C48H28BN3S. The second kappa shape index (κ2) is 10.1. The van der Waals surface area contributed by atoms with Crippen LogP contribution in [0.25, 0.3) is 82.5 Å². The highest BCUT2D eigenvalue weighted by molar-refractivity contribution is 8.00. The van der Waals surface area contributed by atoms with Crippen LogP contribution in [0.1, 0.15) is 0 Å². The molecule has 0 bridgehead atoms. The highest BCUT2D eigenvalue weighted by Gasteiger charge is 2.39. The smallest absolute Gasteiger partial charge is 0.249 e. The summed E-state index contributed by atoms with van der Waals surface area (Å²) >= 11 is 1.91. The first-order chi connectivity index (χ1) is 26.3. The Kier molecular flexibility index (Phi) is 5.39. The molecule has 244 valence electrons. The minimum Gasteiger partial charge on any atom is -0.310 e. The summed E-state index contributed by atoms with van der Waals surface area (Å²) < 4.78 is 7.50. The van der Waals surface area contributed by atoms with Crippen LogP contribution in [-0.4, -0.2) is 20.4 Å². The topological polar surface area (TPSA) is 14.8 Å². The lowest BCUT2D eigenvalue weighted by Crippen LogP contribution is -2.58. The van der Waals surface area contributed by atoms with Gasteiger partial charge in [-0.25, -0.2) is 0 Å². The third kappa shape index (κ3) is 3.53. The first kappa shape index (κ1) is 28.2. The van der Waals surface area contributed by atoms with Crippen molar-refractivity contribution in [1.29, 1.82) is 0 Å². The highest BCUT2D eigenvalue weighted by Crippen LogP contribution is 2.43. The Morgan fingerprint density at radius 1 is 0.377 bits per heavy atom. The van der Waals surface area contributed by atoms with Gasteiger partial charge >= 0.3 is 0 Å². The van der Waals surface area contributed by atoms with E-state index in [0.717, 1.165) is 0 Å². The summed E-state index contributed by atoms with van der Waals surface area (Å²) in [6.45, 7) is 0.180. The summed E-state index contributed by atoms with van der Waals surface area (Å²) in [4.78, 5) is 2.71. The third-order valence-electron chi connectivity index (χ3n) is 11.9. The maximum absolute atomic E-state index is 2.56. The van der Waals surface area contributed by atoms with Crippen LogP contribution in [0.15, 0.2) is 180 Å². The van der Waals surface area contributed by atoms with Crippen molar-refractivity contribution in [3.8, 4) is 17.1 Å². The van der Waals surface area contributed by atoms with Gasteiger partial charge in [-0.05, 0) is 77.7 Å². The molecule has 0 aliphatic carbocycles. The van der Waals surface area contributed by atoms with Gasteiger partial charge in [-0.15, -0.1) is 0 Å². The van der Waals surface area contributed by atoms with Crippen LogP contribution in [-0.2, 0) is 0 Å². The van der Waals surface area contributed by atoms with Crippen molar-refractivity contribution < 1.29 is 0 Å². The number of hydrogen-bond donors (Lipinski definition) is 0. The van der Waals surface area contributed by atoms with Crippen LogP contribution < -0.4 is 16.4 Å². The van der Waals surface area contributed by atoms with E-state index in [-0.39, 0.29) is 6.71 Å². The van der Waals surface area contributed by atoms with Crippen molar-refractivity contribution in [3.05, 3.63) is 170 Å². The normalized spacial score (nSPS) is 13.2. The van der Waals surface area contributed by atoms with Gasteiger partial charge in [-0.3, -0.25) is 0 Å². The molecule has 5 heterocycles. The van der Waals surface area contributed by atoms with Crippen LogP contribution in [0.3, 0.4) is 0 Å². The van der Waals surface area contributed by atoms with Gasteiger partial charge in [0.2, 0.25) is 6.71 Å². The van der Waals surface area contributed by atoms with E-state index in [2.05, 4.69) is 184 Å². The van der Waals surface area contributed by atoms with Crippen molar-refractivity contribution in [2.75, 3.05) is 0 Å².